The summed E-state index contributed by atoms with van der Waals surface area (Å²) in [7, 11) is 0. The topological polar surface area (TPSA) is 87.9 Å². The maximum absolute atomic E-state index is 13.3. The molecule has 1 aliphatic heterocycles. The summed E-state index contributed by atoms with van der Waals surface area (Å²) in [5.41, 5.74) is 7.59. The molecular formula is C30H22N4O2. The van der Waals surface area contributed by atoms with Crippen molar-refractivity contribution < 1.29 is 9.53 Å². The van der Waals surface area contributed by atoms with Crippen LogP contribution >= 0.6 is 0 Å². The Balaban J connectivity index is 1.77. The van der Waals surface area contributed by atoms with Crippen LogP contribution in [0, 0.1) is 11.3 Å². The SMILES string of the molecule is CCOC(=O)C1=C(C)Nc2c(c3nc4ccccc4nc3c3ccccc23)C1c1ccc(C#N)cc1. The third-order valence-electron chi connectivity index (χ3n) is 6.71. The van der Waals surface area contributed by atoms with Crippen molar-refractivity contribution in [3.05, 3.63) is 101 Å². The first-order valence-corrected chi connectivity index (χ1v) is 11.9. The molecule has 0 saturated carbocycles. The van der Waals surface area contributed by atoms with E-state index >= 15 is 0 Å². The Morgan fingerprint density at radius 3 is 2.25 bits per heavy atom. The molecular weight excluding hydrogens is 448 g/mol. The molecule has 1 N–H and O–H groups in total. The lowest BCUT2D eigenvalue weighted by atomic mass is 9.78. The van der Waals surface area contributed by atoms with Gasteiger partial charge in [0.1, 0.15) is 0 Å². The molecule has 6 rings (SSSR count). The van der Waals surface area contributed by atoms with Crippen LogP contribution in [-0.2, 0) is 9.53 Å². The number of nitriles is 1. The Kier molecular flexibility index (Phi) is 5.12. The van der Waals surface area contributed by atoms with E-state index in [2.05, 4.69) is 23.5 Å². The molecule has 0 radical (unpaired) electrons. The van der Waals surface area contributed by atoms with Crippen molar-refractivity contribution in [1.29, 1.82) is 5.26 Å². The summed E-state index contributed by atoms with van der Waals surface area (Å²) in [5, 5.41) is 14.9. The van der Waals surface area contributed by atoms with Crippen molar-refractivity contribution in [1.82, 2.24) is 9.97 Å². The highest BCUT2D eigenvalue weighted by atomic mass is 16.5. The number of ether oxygens (including phenoxy) is 1. The summed E-state index contributed by atoms with van der Waals surface area (Å²) in [6.07, 6.45) is 0. The molecule has 6 nitrogen and oxygen atoms in total. The number of aromatic nitrogens is 2. The van der Waals surface area contributed by atoms with Crippen molar-refractivity contribution in [2.75, 3.05) is 11.9 Å². The number of nitrogens with zero attached hydrogens (tertiary/aromatic N) is 3. The van der Waals surface area contributed by atoms with Gasteiger partial charge in [-0.05, 0) is 43.7 Å². The molecule has 174 valence electrons. The van der Waals surface area contributed by atoms with Crippen LogP contribution in [-0.4, -0.2) is 22.5 Å². The molecule has 6 heteroatoms. The summed E-state index contributed by atoms with van der Waals surface area (Å²) in [6.45, 7) is 3.97. The second-order valence-electron chi connectivity index (χ2n) is 8.79. The summed E-state index contributed by atoms with van der Waals surface area (Å²) in [4.78, 5) is 23.4. The van der Waals surface area contributed by atoms with E-state index in [1.165, 1.54) is 0 Å². The molecule has 0 amide bonds. The van der Waals surface area contributed by atoms with Crippen LogP contribution in [0.4, 0.5) is 5.69 Å². The van der Waals surface area contributed by atoms with Crippen LogP contribution in [0.3, 0.4) is 0 Å². The van der Waals surface area contributed by atoms with Gasteiger partial charge < -0.3 is 10.1 Å². The summed E-state index contributed by atoms with van der Waals surface area (Å²) >= 11 is 0. The van der Waals surface area contributed by atoms with E-state index in [0.717, 1.165) is 55.4 Å². The van der Waals surface area contributed by atoms with E-state index in [0.29, 0.717) is 11.1 Å². The highest BCUT2D eigenvalue weighted by Gasteiger charge is 2.36. The number of para-hydroxylation sites is 2. The van der Waals surface area contributed by atoms with Gasteiger partial charge in [0.2, 0.25) is 0 Å². The predicted molar refractivity (Wildman–Crippen MR) is 141 cm³/mol. The average Bonchev–Trinajstić information content (AvgIpc) is 2.91. The Hall–Kier alpha value is -4.76. The molecule has 0 fully saturated rings. The Morgan fingerprint density at radius 1 is 0.944 bits per heavy atom. The quantitative estimate of drug-likeness (QED) is 0.192. The van der Waals surface area contributed by atoms with Gasteiger partial charge in [0.25, 0.3) is 0 Å². The van der Waals surface area contributed by atoms with E-state index in [1.807, 2.05) is 55.5 Å². The lowest BCUT2D eigenvalue weighted by Gasteiger charge is -2.32. The smallest absolute Gasteiger partial charge is 0.336 e. The Morgan fingerprint density at radius 2 is 1.58 bits per heavy atom. The van der Waals surface area contributed by atoms with Gasteiger partial charge in [-0.25, -0.2) is 14.8 Å². The molecule has 1 aromatic heterocycles. The number of fused-ring (bicyclic) bond motifs is 7. The standard InChI is InChI=1S/C30H22N4O2/c1-3-36-30(35)24-17(2)32-27-20-8-4-5-9-21(20)28-29(34-23-11-7-6-10-22(23)33-28)26(27)25(24)19-14-12-18(16-31)13-15-19/h4-15,25,32H,3H2,1-2H3. The third-order valence-corrected chi connectivity index (χ3v) is 6.71. The van der Waals surface area contributed by atoms with Gasteiger partial charge >= 0.3 is 5.97 Å². The van der Waals surface area contributed by atoms with E-state index in [-0.39, 0.29) is 12.6 Å². The van der Waals surface area contributed by atoms with E-state index in [4.69, 9.17) is 14.7 Å². The van der Waals surface area contributed by atoms with Crippen LogP contribution in [0.1, 0.15) is 36.5 Å². The van der Waals surface area contributed by atoms with E-state index in [1.54, 1.807) is 19.1 Å². The van der Waals surface area contributed by atoms with Gasteiger partial charge in [0.05, 0.1) is 51.6 Å². The summed E-state index contributed by atoms with van der Waals surface area (Å²) in [5.74, 6) is -0.826. The maximum atomic E-state index is 13.3. The number of esters is 1. The maximum Gasteiger partial charge on any atom is 0.336 e. The number of carbonyl (C=O) groups excluding carboxylic acids is 1. The first kappa shape index (κ1) is 21.8. The Labute approximate surface area is 207 Å². The number of nitrogens with one attached hydrogen (secondary N) is 1. The van der Waals surface area contributed by atoms with Crippen LogP contribution in [0.25, 0.3) is 32.8 Å². The lowest BCUT2D eigenvalue weighted by Crippen LogP contribution is -2.25. The van der Waals surface area contributed by atoms with Crippen molar-refractivity contribution in [3.8, 4) is 6.07 Å². The number of anilines is 1. The van der Waals surface area contributed by atoms with Gasteiger partial charge in [-0.2, -0.15) is 5.26 Å². The second kappa shape index (κ2) is 8.47. The number of carbonyl (C=O) groups is 1. The molecule has 0 saturated heterocycles. The first-order valence-electron chi connectivity index (χ1n) is 11.9. The third kappa shape index (κ3) is 3.29. The molecule has 1 unspecified atom stereocenters. The largest absolute Gasteiger partial charge is 0.463 e. The van der Waals surface area contributed by atoms with Gasteiger partial charge in [0.15, 0.2) is 0 Å². The zero-order chi connectivity index (χ0) is 24.8. The van der Waals surface area contributed by atoms with Crippen LogP contribution in [0.5, 0.6) is 0 Å². The fraction of sp³-hybridized carbons (Fsp3) is 0.133. The van der Waals surface area contributed by atoms with Crippen molar-refractivity contribution in [3.63, 3.8) is 0 Å². The molecule has 36 heavy (non-hydrogen) atoms. The highest BCUT2D eigenvalue weighted by molar-refractivity contribution is 6.15. The van der Waals surface area contributed by atoms with Crippen LogP contribution in [0.15, 0.2) is 84.1 Å². The number of hydrogen-bond acceptors (Lipinski definition) is 6. The van der Waals surface area contributed by atoms with Gasteiger partial charge in [0, 0.05) is 28.0 Å². The number of rotatable bonds is 3. The van der Waals surface area contributed by atoms with Gasteiger partial charge in [-0.1, -0.05) is 48.5 Å². The highest BCUT2D eigenvalue weighted by Crippen LogP contribution is 2.48. The van der Waals surface area contributed by atoms with Gasteiger partial charge in [-0.15, -0.1) is 0 Å². The van der Waals surface area contributed by atoms with Crippen molar-refractivity contribution in [2.45, 2.75) is 19.8 Å². The second-order valence-corrected chi connectivity index (χ2v) is 8.79. The average molecular weight is 471 g/mol. The predicted octanol–water partition coefficient (Wildman–Crippen LogP) is 6.20. The fourth-order valence-electron chi connectivity index (χ4n) is 5.14. The molecule has 1 atom stereocenters. The minimum atomic E-state index is -0.449. The Bertz CT molecular complexity index is 1760. The van der Waals surface area contributed by atoms with E-state index in [9.17, 15) is 10.1 Å². The van der Waals surface area contributed by atoms with Crippen LogP contribution < -0.4 is 5.32 Å². The summed E-state index contributed by atoms with van der Waals surface area (Å²) in [6, 6.07) is 25.5. The molecule has 5 aromatic rings. The molecule has 4 aromatic carbocycles. The van der Waals surface area contributed by atoms with E-state index < -0.39 is 5.92 Å². The molecule has 0 aliphatic carbocycles. The first-order chi connectivity index (χ1) is 17.6. The lowest BCUT2D eigenvalue weighted by molar-refractivity contribution is -0.138. The monoisotopic (exact) mass is 470 g/mol. The zero-order valence-electron chi connectivity index (χ0n) is 19.9. The minimum Gasteiger partial charge on any atom is -0.463 e. The zero-order valence-corrected chi connectivity index (χ0v) is 19.9. The number of benzene rings is 4. The molecule has 0 spiro atoms. The normalized spacial score (nSPS) is 15.0. The molecule has 0 bridgehead atoms. The fourth-order valence-corrected chi connectivity index (χ4v) is 5.14. The van der Waals surface area contributed by atoms with Crippen LogP contribution in [0.2, 0.25) is 0 Å². The minimum absolute atomic E-state index is 0.269. The van der Waals surface area contributed by atoms with Crippen molar-refractivity contribution >= 4 is 44.5 Å². The molecule has 2 heterocycles. The molecule has 1 aliphatic rings. The van der Waals surface area contributed by atoms with Gasteiger partial charge in [-0.3, -0.25) is 0 Å². The number of hydrogen-bond donors (Lipinski definition) is 1. The number of allylic oxidation sites excluding steroid dienone is 1. The summed E-state index contributed by atoms with van der Waals surface area (Å²) < 4.78 is 5.51. The van der Waals surface area contributed by atoms with Crippen molar-refractivity contribution in [2.24, 2.45) is 0 Å².